The summed E-state index contributed by atoms with van der Waals surface area (Å²) in [5.41, 5.74) is 6.78. The van der Waals surface area contributed by atoms with Crippen LogP contribution in [0.4, 0.5) is 0 Å². The van der Waals surface area contributed by atoms with E-state index in [4.69, 9.17) is 10.2 Å². The van der Waals surface area contributed by atoms with Crippen molar-refractivity contribution in [3.8, 4) is 0 Å². The lowest BCUT2D eigenvalue weighted by Gasteiger charge is -2.38. The van der Waals surface area contributed by atoms with E-state index in [0.717, 1.165) is 16.2 Å². The van der Waals surface area contributed by atoms with Gasteiger partial charge in [-0.25, -0.2) is 0 Å². The maximum Gasteiger partial charge on any atom is 0.134 e. The summed E-state index contributed by atoms with van der Waals surface area (Å²) in [5.74, 6) is 2.31. The Balaban J connectivity index is 1.96. The van der Waals surface area contributed by atoms with Crippen molar-refractivity contribution in [1.29, 1.82) is 0 Å². The first kappa shape index (κ1) is 14.1. The van der Waals surface area contributed by atoms with Crippen LogP contribution in [0, 0.1) is 17.3 Å². The summed E-state index contributed by atoms with van der Waals surface area (Å²) in [6.07, 6.45) is 6.73. The maximum atomic E-state index is 6.35. The smallest absolute Gasteiger partial charge is 0.134 e. The number of rotatable bonds is 2. The van der Waals surface area contributed by atoms with Crippen LogP contribution in [0.1, 0.15) is 58.3 Å². The van der Waals surface area contributed by atoms with Crippen LogP contribution in [0.2, 0.25) is 0 Å². The molecule has 0 bridgehead atoms. The van der Waals surface area contributed by atoms with Crippen molar-refractivity contribution in [1.82, 2.24) is 0 Å². The van der Waals surface area contributed by atoms with Gasteiger partial charge in [-0.2, -0.15) is 0 Å². The van der Waals surface area contributed by atoms with Gasteiger partial charge in [0.05, 0.1) is 16.8 Å². The van der Waals surface area contributed by atoms with E-state index in [1.165, 1.54) is 25.7 Å². The van der Waals surface area contributed by atoms with Crippen LogP contribution in [0.25, 0.3) is 0 Å². The molecule has 0 saturated heterocycles. The predicted octanol–water partition coefficient (Wildman–Crippen LogP) is 4.89. The van der Waals surface area contributed by atoms with Gasteiger partial charge in [-0.3, -0.25) is 0 Å². The van der Waals surface area contributed by atoms with E-state index in [9.17, 15) is 0 Å². The van der Waals surface area contributed by atoms with Crippen LogP contribution in [-0.2, 0) is 0 Å². The second kappa shape index (κ2) is 5.38. The zero-order valence-electron chi connectivity index (χ0n) is 11.6. The lowest BCUT2D eigenvalue weighted by molar-refractivity contribution is 0.135. The van der Waals surface area contributed by atoms with Crippen molar-refractivity contribution in [2.75, 3.05) is 0 Å². The zero-order valence-corrected chi connectivity index (χ0v) is 13.2. The molecule has 0 spiro atoms. The standard InChI is InChI=1S/C15H24BrNO/c1-15(2,3)11-6-4-10(5-7-11)13(17)14-12(16)8-9-18-14/h8-11,13H,4-7,17H2,1-3H3. The topological polar surface area (TPSA) is 39.2 Å². The molecule has 18 heavy (non-hydrogen) atoms. The van der Waals surface area contributed by atoms with Gasteiger partial charge < -0.3 is 10.2 Å². The summed E-state index contributed by atoms with van der Waals surface area (Å²) in [6, 6.07) is 1.96. The zero-order chi connectivity index (χ0) is 13.3. The molecule has 1 aromatic heterocycles. The predicted molar refractivity (Wildman–Crippen MR) is 78.2 cm³/mol. The van der Waals surface area contributed by atoms with Crippen LogP contribution >= 0.6 is 15.9 Å². The summed E-state index contributed by atoms with van der Waals surface area (Å²) in [7, 11) is 0. The quantitative estimate of drug-likeness (QED) is 0.843. The molecule has 1 aromatic rings. The largest absolute Gasteiger partial charge is 0.466 e. The molecule has 1 atom stereocenters. The Hall–Kier alpha value is -0.280. The molecule has 2 nitrogen and oxygen atoms in total. The highest BCUT2D eigenvalue weighted by atomic mass is 79.9. The number of hydrogen-bond donors (Lipinski definition) is 1. The van der Waals surface area contributed by atoms with Gasteiger partial charge in [0, 0.05) is 0 Å². The second-order valence-electron chi connectivity index (χ2n) is 6.64. The first-order valence-corrected chi connectivity index (χ1v) is 7.67. The molecule has 0 radical (unpaired) electrons. The minimum absolute atomic E-state index is 0.0373. The molecule has 0 amide bonds. The summed E-state index contributed by atoms with van der Waals surface area (Å²) in [5, 5.41) is 0. The first-order chi connectivity index (χ1) is 8.39. The van der Waals surface area contributed by atoms with Crippen LogP contribution in [0.3, 0.4) is 0 Å². The van der Waals surface area contributed by atoms with E-state index >= 15 is 0 Å². The lowest BCUT2D eigenvalue weighted by Crippen LogP contribution is -2.30. The fourth-order valence-corrected chi connectivity index (χ4v) is 3.57. The van der Waals surface area contributed by atoms with E-state index in [0.29, 0.717) is 11.3 Å². The number of furan rings is 1. The third-order valence-electron chi connectivity index (χ3n) is 4.45. The van der Waals surface area contributed by atoms with Crippen LogP contribution in [0.5, 0.6) is 0 Å². The fraction of sp³-hybridized carbons (Fsp3) is 0.733. The van der Waals surface area contributed by atoms with Crippen molar-refractivity contribution in [2.45, 2.75) is 52.5 Å². The summed E-state index contributed by atoms with van der Waals surface area (Å²) in [4.78, 5) is 0. The lowest BCUT2D eigenvalue weighted by atomic mass is 9.68. The Labute approximate surface area is 118 Å². The van der Waals surface area contributed by atoms with Gasteiger partial charge in [-0.05, 0) is 64.9 Å². The molecule has 2 rings (SSSR count). The molecule has 102 valence electrons. The minimum Gasteiger partial charge on any atom is -0.466 e. The number of halogens is 1. The molecule has 1 heterocycles. The van der Waals surface area contributed by atoms with Crippen molar-refractivity contribution in [2.24, 2.45) is 23.0 Å². The average molecular weight is 314 g/mol. The SMILES string of the molecule is CC(C)(C)C1CCC(C(N)c2occc2Br)CC1. The van der Waals surface area contributed by atoms with Gasteiger partial charge in [0.1, 0.15) is 5.76 Å². The highest BCUT2D eigenvalue weighted by molar-refractivity contribution is 9.10. The molecular weight excluding hydrogens is 290 g/mol. The second-order valence-corrected chi connectivity index (χ2v) is 7.49. The third-order valence-corrected chi connectivity index (χ3v) is 5.11. The molecule has 1 fully saturated rings. The highest BCUT2D eigenvalue weighted by Crippen LogP contribution is 2.43. The van der Waals surface area contributed by atoms with Gasteiger partial charge in [0.2, 0.25) is 0 Å². The molecule has 2 N–H and O–H groups in total. The van der Waals surface area contributed by atoms with E-state index < -0.39 is 0 Å². The Kier molecular flexibility index (Phi) is 4.22. The molecule has 0 aliphatic heterocycles. The average Bonchev–Trinajstić information content (AvgIpc) is 2.73. The van der Waals surface area contributed by atoms with Crippen molar-refractivity contribution in [3.63, 3.8) is 0 Å². The molecule has 3 heteroatoms. The summed E-state index contributed by atoms with van der Waals surface area (Å²) in [6.45, 7) is 7.04. The van der Waals surface area contributed by atoms with Crippen molar-refractivity contribution >= 4 is 15.9 Å². The Morgan fingerprint density at radius 1 is 1.28 bits per heavy atom. The van der Waals surface area contributed by atoms with Crippen molar-refractivity contribution in [3.05, 3.63) is 22.6 Å². The van der Waals surface area contributed by atoms with Crippen LogP contribution in [-0.4, -0.2) is 0 Å². The van der Waals surface area contributed by atoms with E-state index in [-0.39, 0.29) is 6.04 Å². The van der Waals surface area contributed by atoms with Gasteiger partial charge in [-0.15, -0.1) is 0 Å². The summed E-state index contributed by atoms with van der Waals surface area (Å²) >= 11 is 3.50. The molecule has 1 saturated carbocycles. The van der Waals surface area contributed by atoms with Crippen LogP contribution < -0.4 is 5.73 Å². The Morgan fingerprint density at radius 3 is 2.33 bits per heavy atom. The number of hydrogen-bond acceptors (Lipinski definition) is 2. The highest BCUT2D eigenvalue weighted by Gasteiger charge is 2.33. The Bertz CT molecular complexity index is 385. The Morgan fingerprint density at radius 2 is 1.89 bits per heavy atom. The minimum atomic E-state index is 0.0373. The van der Waals surface area contributed by atoms with E-state index in [1.807, 2.05) is 6.07 Å². The van der Waals surface area contributed by atoms with Gasteiger partial charge >= 0.3 is 0 Å². The van der Waals surface area contributed by atoms with Crippen molar-refractivity contribution < 1.29 is 4.42 Å². The van der Waals surface area contributed by atoms with Gasteiger partial charge in [0.15, 0.2) is 0 Å². The van der Waals surface area contributed by atoms with E-state index in [2.05, 4.69) is 36.7 Å². The molecule has 1 aliphatic carbocycles. The number of nitrogens with two attached hydrogens (primary N) is 1. The van der Waals surface area contributed by atoms with Gasteiger partial charge in [0.25, 0.3) is 0 Å². The monoisotopic (exact) mass is 313 g/mol. The maximum absolute atomic E-state index is 6.35. The van der Waals surface area contributed by atoms with Gasteiger partial charge in [-0.1, -0.05) is 20.8 Å². The molecular formula is C15H24BrNO. The van der Waals surface area contributed by atoms with Crippen LogP contribution in [0.15, 0.2) is 21.2 Å². The molecule has 1 unspecified atom stereocenters. The summed E-state index contributed by atoms with van der Waals surface area (Å²) < 4.78 is 6.51. The normalized spacial score (nSPS) is 27.2. The molecule has 0 aromatic carbocycles. The molecule has 1 aliphatic rings. The fourth-order valence-electron chi connectivity index (χ4n) is 3.10. The van der Waals surface area contributed by atoms with E-state index in [1.54, 1.807) is 6.26 Å². The third kappa shape index (κ3) is 3.00. The first-order valence-electron chi connectivity index (χ1n) is 6.88.